The smallest absolute Gasteiger partial charge is 0.305 e. The van der Waals surface area contributed by atoms with Gasteiger partial charge in [-0.2, -0.15) is 47.0 Å². The van der Waals surface area contributed by atoms with Crippen LogP contribution >= 0.6 is 47.0 Å². The SMILES string of the molecule is CCCCCCCCCCCCSCCCC(=O)OCC(COC(=O)CCCSCCCCCCCCCCCC)(COC(=O)CCCSCCCCCCCCCCCC)COC(=O)CCCSCCCCCCCCCCCC. The van der Waals surface area contributed by atoms with Crippen LogP contribution < -0.4 is 0 Å². The van der Waals surface area contributed by atoms with E-state index in [1.54, 1.807) is 0 Å². The lowest BCUT2D eigenvalue weighted by Crippen LogP contribution is -2.44. The van der Waals surface area contributed by atoms with Crippen LogP contribution in [0.2, 0.25) is 0 Å². The molecule has 0 rings (SSSR count). The van der Waals surface area contributed by atoms with Crippen LogP contribution in [-0.2, 0) is 38.1 Å². The van der Waals surface area contributed by atoms with Gasteiger partial charge >= 0.3 is 23.9 Å². The molecular weight excluding hydrogens is 1090 g/mol. The van der Waals surface area contributed by atoms with Crippen molar-refractivity contribution in [3.05, 3.63) is 0 Å². The van der Waals surface area contributed by atoms with Gasteiger partial charge in [0, 0.05) is 25.7 Å². The molecule has 0 aliphatic heterocycles. The second-order valence-electron chi connectivity index (χ2n) is 23.7. The summed E-state index contributed by atoms with van der Waals surface area (Å²) in [5, 5.41) is 0. The topological polar surface area (TPSA) is 105 Å². The average molecular weight is 1220 g/mol. The molecule has 0 N–H and O–H groups in total. The van der Waals surface area contributed by atoms with Crippen molar-refractivity contribution in [1.29, 1.82) is 0 Å². The van der Waals surface area contributed by atoms with Crippen LogP contribution in [0.25, 0.3) is 0 Å². The third-order valence-electron chi connectivity index (χ3n) is 15.4. The highest BCUT2D eigenvalue weighted by Crippen LogP contribution is 2.25. The number of rotatable bonds is 68. The van der Waals surface area contributed by atoms with Gasteiger partial charge in [-0.3, -0.25) is 19.2 Å². The second-order valence-corrected chi connectivity index (χ2v) is 28.6. The summed E-state index contributed by atoms with van der Waals surface area (Å²) in [6, 6.07) is 0. The predicted octanol–water partition coefficient (Wildman–Crippen LogP) is 21.9. The molecule has 0 atom stereocenters. The number of hydrogen-bond acceptors (Lipinski definition) is 12. The van der Waals surface area contributed by atoms with Crippen molar-refractivity contribution in [3.63, 3.8) is 0 Å². The summed E-state index contributed by atoms with van der Waals surface area (Å²) in [7, 11) is 0. The number of esters is 4. The van der Waals surface area contributed by atoms with Gasteiger partial charge in [0.1, 0.15) is 31.8 Å². The van der Waals surface area contributed by atoms with Gasteiger partial charge in [0.25, 0.3) is 0 Å². The summed E-state index contributed by atoms with van der Waals surface area (Å²) in [6.45, 7) is 8.36. The summed E-state index contributed by atoms with van der Waals surface area (Å²) >= 11 is 7.59. The maximum atomic E-state index is 13.3. The molecule has 0 amide bonds. The first-order valence-electron chi connectivity index (χ1n) is 34.8. The maximum Gasteiger partial charge on any atom is 0.305 e. The highest BCUT2D eigenvalue weighted by molar-refractivity contribution is 7.99. The molecule has 0 aromatic rings. The van der Waals surface area contributed by atoms with E-state index in [-0.39, 0.29) is 76.0 Å². The Morgan fingerprint density at radius 3 is 0.543 bits per heavy atom. The number of thioether (sulfide) groups is 4. The minimum atomic E-state index is -1.22. The van der Waals surface area contributed by atoms with E-state index < -0.39 is 5.41 Å². The van der Waals surface area contributed by atoms with Crippen molar-refractivity contribution in [2.75, 3.05) is 72.5 Å². The van der Waals surface area contributed by atoms with Crippen molar-refractivity contribution >= 4 is 70.9 Å². The van der Waals surface area contributed by atoms with E-state index in [0.29, 0.717) is 25.7 Å². The molecule has 0 aliphatic carbocycles. The van der Waals surface area contributed by atoms with E-state index in [1.165, 1.54) is 257 Å². The zero-order valence-corrected chi connectivity index (χ0v) is 57.1. The number of carbonyl (C=O) groups is 4. The first kappa shape index (κ1) is 80.3. The van der Waals surface area contributed by atoms with Crippen LogP contribution in [0.15, 0.2) is 0 Å². The molecule has 0 fully saturated rings. The van der Waals surface area contributed by atoms with Crippen LogP contribution in [0, 0.1) is 5.41 Å². The molecule has 0 aromatic heterocycles. The fraction of sp³-hybridized carbons (Fsp3) is 0.942. The lowest BCUT2D eigenvalue weighted by atomic mass is 9.92. The molecule has 12 heteroatoms. The average Bonchev–Trinajstić information content (AvgIpc) is 3.47. The van der Waals surface area contributed by atoms with Crippen LogP contribution in [-0.4, -0.2) is 96.3 Å². The van der Waals surface area contributed by atoms with Crippen LogP contribution in [0.3, 0.4) is 0 Å². The van der Waals surface area contributed by atoms with Crippen LogP contribution in [0.5, 0.6) is 0 Å². The van der Waals surface area contributed by atoms with E-state index in [2.05, 4.69) is 27.7 Å². The summed E-state index contributed by atoms with van der Waals surface area (Å²) in [5.41, 5.74) is -1.22. The fourth-order valence-corrected chi connectivity index (χ4v) is 13.8. The Hall–Kier alpha value is -0.720. The standard InChI is InChI=1S/C69H132O8S4/c1-5-9-13-17-21-25-29-33-37-41-53-78-57-45-49-65(70)74-61-69(62-75-66(71)50-46-58-79-54-42-38-34-30-26-22-18-14-10-6-2,63-76-67(72)51-47-59-80-55-43-39-35-31-27-23-19-15-11-7-3)64-77-68(73)52-48-60-81-56-44-40-36-32-28-24-20-16-12-8-4/h5-64H2,1-4H3. The van der Waals surface area contributed by atoms with Gasteiger partial charge < -0.3 is 18.9 Å². The van der Waals surface area contributed by atoms with Crippen molar-refractivity contribution in [1.82, 2.24) is 0 Å². The predicted molar refractivity (Wildman–Crippen MR) is 360 cm³/mol. The summed E-state index contributed by atoms with van der Waals surface area (Å²) in [5.74, 6) is 6.57. The first-order chi connectivity index (χ1) is 39.8. The molecule has 0 spiro atoms. The zero-order valence-electron chi connectivity index (χ0n) is 53.8. The Bertz CT molecular complexity index is 1140. The first-order valence-corrected chi connectivity index (χ1v) is 39.4. The number of unbranched alkanes of at least 4 members (excludes halogenated alkanes) is 36. The minimum absolute atomic E-state index is 0.177. The molecule has 0 saturated heterocycles. The van der Waals surface area contributed by atoms with E-state index in [9.17, 15) is 19.2 Å². The van der Waals surface area contributed by atoms with Crippen molar-refractivity contribution in [3.8, 4) is 0 Å². The van der Waals surface area contributed by atoms with E-state index in [4.69, 9.17) is 18.9 Å². The largest absolute Gasteiger partial charge is 0.465 e. The fourth-order valence-electron chi connectivity index (χ4n) is 9.92. The Balaban J connectivity index is 5.41. The number of carbonyl (C=O) groups excluding carboxylic acids is 4. The molecule has 0 aliphatic rings. The number of hydrogen-bond donors (Lipinski definition) is 0. The maximum absolute atomic E-state index is 13.3. The molecule has 0 bridgehead atoms. The van der Waals surface area contributed by atoms with Gasteiger partial charge in [0.2, 0.25) is 0 Å². The normalized spacial score (nSPS) is 11.6. The lowest BCUT2D eigenvalue weighted by Gasteiger charge is -2.31. The van der Waals surface area contributed by atoms with Gasteiger partial charge in [0.05, 0.1) is 0 Å². The molecular formula is C69H132O8S4. The molecule has 81 heavy (non-hydrogen) atoms. The third-order valence-corrected chi connectivity index (χ3v) is 20.0. The Kier molecular flexibility index (Phi) is 66.2. The van der Waals surface area contributed by atoms with E-state index in [0.717, 1.165) is 46.0 Å². The molecule has 0 unspecified atom stereocenters. The number of ether oxygens (including phenoxy) is 4. The van der Waals surface area contributed by atoms with Crippen LogP contribution in [0.4, 0.5) is 0 Å². The molecule has 0 saturated carbocycles. The van der Waals surface area contributed by atoms with Gasteiger partial charge in [-0.15, -0.1) is 0 Å². The Labute approximate surface area is 519 Å². The third kappa shape index (κ3) is 62.2. The van der Waals surface area contributed by atoms with Crippen LogP contribution in [0.1, 0.15) is 336 Å². The molecule has 0 heterocycles. The quantitative estimate of drug-likeness (QED) is 0.0329. The van der Waals surface area contributed by atoms with Gasteiger partial charge in [0.15, 0.2) is 0 Å². The molecule has 0 aromatic carbocycles. The van der Waals surface area contributed by atoms with E-state index in [1.807, 2.05) is 47.0 Å². The zero-order chi connectivity index (χ0) is 58.9. The summed E-state index contributed by atoms with van der Waals surface area (Å²) in [4.78, 5) is 53.4. The monoisotopic (exact) mass is 1220 g/mol. The Morgan fingerprint density at radius 1 is 0.222 bits per heavy atom. The highest BCUT2D eigenvalue weighted by Gasteiger charge is 2.38. The summed E-state index contributed by atoms with van der Waals surface area (Å²) < 4.78 is 23.8. The molecule has 480 valence electrons. The molecule has 8 nitrogen and oxygen atoms in total. The van der Waals surface area contributed by atoms with Gasteiger partial charge in [-0.25, -0.2) is 0 Å². The van der Waals surface area contributed by atoms with Crippen molar-refractivity contribution in [2.24, 2.45) is 5.41 Å². The minimum Gasteiger partial charge on any atom is -0.465 e. The van der Waals surface area contributed by atoms with E-state index >= 15 is 0 Å². The lowest BCUT2D eigenvalue weighted by molar-refractivity contribution is -0.170. The second kappa shape index (κ2) is 66.8. The molecule has 0 radical (unpaired) electrons. The van der Waals surface area contributed by atoms with Crippen molar-refractivity contribution < 1.29 is 38.1 Å². The summed E-state index contributed by atoms with van der Waals surface area (Å²) in [6.07, 6.45) is 56.8. The highest BCUT2D eigenvalue weighted by atomic mass is 32.2. The van der Waals surface area contributed by atoms with Crippen molar-refractivity contribution in [2.45, 2.75) is 336 Å². The Morgan fingerprint density at radius 2 is 0.370 bits per heavy atom. The van der Waals surface area contributed by atoms with Gasteiger partial charge in [-0.1, -0.05) is 259 Å². The van der Waals surface area contributed by atoms with Gasteiger partial charge in [-0.05, 0) is 97.4 Å².